The molecule has 0 aliphatic heterocycles. The zero-order valence-corrected chi connectivity index (χ0v) is 5.83. The van der Waals surface area contributed by atoms with Crippen molar-refractivity contribution in [3.8, 4) is 0 Å². The number of hydrogen-bond donors (Lipinski definition) is 1. The summed E-state index contributed by atoms with van der Waals surface area (Å²) in [4.78, 5) is 7.98. The lowest BCUT2D eigenvalue weighted by molar-refractivity contribution is 1.11. The van der Waals surface area contributed by atoms with E-state index >= 15 is 0 Å². The highest BCUT2D eigenvalue weighted by molar-refractivity contribution is 5.54. The van der Waals surface area contributed by atoms with Crippen LogP contribution in [0.4, 0.5) is 5.82 Å². The minimum absolute atomic E-state index is 0.431. The van der Waals surface area contributed by atoms with E-state index in [9.17, 15) is 0 Å². The third kappa shape index (κ3) is 1.13. The molecular weight excluding hydrogens is 126 g/mol. The van der Waals surface area contributed by atoms with Crippen LogP contribution in [-0.4, -0.2) is 9.97 Å². The van der Waals surface area contributed by atoms with Crippen molar-refractivity contribution in [2.45, 2.75) is 6.92 Å². The lowest BCUT2D eigenvalue weighted by Crippen LogP contribution is -1.97. The van der Waals surface area contributed by atoms with Crippen LogP contribution in [0, 0.1) is 6.92 Å². The predicted molar refractivity (Wildman–Crippen MR) is 41.3 cm³/mol. The van der Waals surface area contributed by atoms with Gasteiger partial charge in [0.1, 0.15) is 11.5 Å². The van der Waals surface area contributed by atoms with Crippen molar-refractivity contribution >= 4 is 11.9 Å². The fourth-order valence-electron chi connectivity index (χ4n) is 0.655. The molecule has 0 aromatic carbocycles. The highest BCUT2D eigenvalue weighted by Crippen LogP contribution is 2.05. The summed E-state index contributed by atoms with van der Waals surface area (Å²) < 4.78 is 0. The Labute approximate surface area is 59.6 Å². The van der Waals surface area contributed by atoms with Gasteiger partial charge in [-0.25, -0.2) is 9.97 Å². The van der Waals surface area contributed by atoms with E-state index in [0.29, 0.717) is 11.5 Å². The zero-order valence-electron chi connectivity index (χ0n) is 5.83. The third-order valence-corrected chi connectivity index (χ3v) is 1.14. The number of anilines is 1. The first kappa shape index (κ1) is 6.74. The monoisotopic (exact) mass is 135 g/mol. The van der Waals surface area contributed by atoms with E-state index in [2.05, 4.69) is 16.5 Å². The number of hydrogen-bond acceptors (Lipinski definition) is 3. The van der Waals surface area contributed by atoms with E-state index < -0.39 is 0 Å². The van der Waals surface area contributed by atoms with E-state index in [1.165, 1.54) is 0 Å². The van der Waals surface area contributed by atoms with Crippen LogP contribution in [0.5, 0.6) is 0 Å². The maximum absolute atomic E-state index is 5.46. The van der Waals surface area contributed by atoms with Crippen molar-refractivity contribution in [2.24, 2.45) is 0 Å². The first-order valence-corrected chi connectivity index (χ1v) is 2.95. The fraction of sp³-hybridized carbons (Fsp3) is 0.143. The Morgan fingerprint density at radius 1 is 1.70 bits per heavy atom. The van der Waals surface area contributed by atoms with Crippen LogP contribution < -0.4 is 5.73 Å². The molecule has 2 N–H and O–H groups in total. The van der Waals surface area contributed by atoms with Gasteiger partial charge in [-0.3, -0.25) is 0 Å². The first-order chi connectivity index (χ1) is 4.74. The molecule has 52 valence electrons. The number of nitrogen functional groups attached to an aromatic ring is 1. The maximum atomic E-state index is 5.46. The Balaban J connectivity index is 3.21. The second-order valence-electron chi connectivity index (χ2n) is 1.99. The summed E-state index contributed by atoms with van der Waals surface area (Å²) in [5, 5.41) is 0. The molecule has 0 fully saturated rings. The number of nitrogens with two attached hydrogens (primary N) is 1. The Hall–Kier alpha value is -1.38. The van der Waals surface area contributed by atoms with E-state index in [1.54, 1.807) is 12.3 Å². The summed E-state index contributed by atoms with van der Waals surface area (Å²) in [6.07, 6.45) is 3.22. The molecule has 0 bridgehead atoms. The summed E-state index contributed by atoms with van der Waals surface area (Å²) in [5.74, 6) is 0.431. The van der Waals surface area contributed by atoms with Crippen molar-refractivity contribution in [3.63, 3.8) is 0 Å². The fourth-order valence-corrected chi connectivity index (χ4v) is 0.655. The van der Waals surface area contributed by atoms with Gasteiger partial charge in [-0.1, -0.05) is 6.58 Å². The molecule has 0 aliphatic rings. The van der Waals surface area contributed by atoms with Gasteiger partial charge in [0.25, 0.3) is 0 Å². The summed E-state index contributed by atoms with van der Waals surface area (Å²) in [6.45, 7) is 5.41. The summed E-state index contributed by atoms with van der Waals surface area (Å²) in [5.41, 5.74) is 6.96. The standard InChI is InChI=1S/C7H9N3/c1-3-6-7(8)9-4-5(2)10-6/h3-4H,1H2,2H3,(H2,8,9). The molecule has 0 atom stereocenters. The average Bonchev–Trinajstić information content (AvgIpc) is 1.94. The summed E-state index contributed by atoms with van der Waals surface area (Å²) >= 11 is 0. The molecule has 1 aromatic rings. The number of aryl methyl sites for hydroxylation is 1. The van der Waals surface area contributed by atoms with Crippen molar-refractivity contribution in [1.29, 1.82) is 0 Å². The summed E-state index contributed by atoms with van der Waals surface area (Å²) in [7, 11) is 0. The number of aromatic nitrogens is 2. The molecule has 0 saturated carbocycles. The minimum atomic E-state index is 0.431. The largest absolute Gasteiger partial charge is 0.382 e. The van der Waals surface area contributed by atoms with E-state index in [0.717, 1.165) is 5.69 Å². The SMILES string of the molecule is C=Cc1nc(C)cnc1N. The minimum Gasteiger partial charge on any atom is -0.382 e. The third-order valence-electron chi connectivity index (χ3n) is 1.14. The van der Waals surface area contributed by atoms with Crippen LogP contribution in [0.25, 0.3) is 6.08 Å². The highest BCUT2D eigenvalue weighted by atomic mass is 14.9. The van der Waals surface area contributed by atoms with Gasteiger partial charge in [-0.15, -0.1) is 0 Å². The second kappa shape index (κ2) is 2.47. The normalized spacial score (nSPS) is 9.30. The van der Waals surface area contributed by atoms with Gasteiger partial charge in [-0.05, 0) is 13.0 Å². The van der Waals surface area contributed by atoms with Gasteiger partial charge in [0.2, 0.25) is 0 Å². The first-order valence-electron chi connectivity index (χ1n) is 2.95. The Morgan fingerprint density at radius 3 is 2.90 bits per heavy atom. The number of nitrogens with zero attached hydrogens (tertiary/aromatic N) is 2. The molecule has 3 heteroatoms. The van der Waals surface area contributed by atoms with Crippen molar-refractivity contribution in [2.75, 3.05) is 5.73 Å². The van der Waals surface area contributed by atoms with Gasteiger partial charge in [0.15, 0.2) is 0 Å². The second-order valence-corrected chi connectivity index (χ2v) is 1.99. The van der Waals surface area contributed by atoms with Crippen LogP contribution in [0.3, 0.4) is 0 Å². The molecule has 0 unspecified atom stereocenters. The van der Waals surface area contributed by atoms with Crippen LogP contribution in [0.2, 0.25) is 0 Å². The zero-order chi connectivity index (χ0) is 7.56. The van der Waals surface area contributed by atoms with Crippen molar-refractivity contribution in [3.05, 3.63) is 24.2 Å². The molecule has 1 rings (SSSR count). The Kier molecular flexibility index (Phi) is 1.67. The van der Waals surface area contributed by atoms with Gasteiger partial charge in [0, 0.05) is 0 Å². The molecule has 0 radical (unpaired) electrons. The molecular formula is C7H9N3. The summed E-state index contributed by atoms with van der Waals surface area (Å²) in [6, 6.07) is 0. The molecule has 0 amide bonds. The molecule has 10 heavy (non-hydrogen) atoms. The van der Waals surface area contributed by atoms with Gasteiger partial charge in [-0.2, -0.15) is 0 Å². The van der Waals surface area contributed by atoms with Crippen LogP contribution in [-0.2, 0) is 0 Å². The lowest BCUT2D eigenvalue weighted by Gasteiger charge is -1.97. The van der Waals surface area contributed by atoms with Crippen molar-refractivity contribution in [1.82, 2.24) is 9.97 Å². The lowest BCUT2D eigenvalue weighted by atomic mass is 10.4. The molecule has 0 aliphatic carbocycles. The molecule has 0 saturated heterocycles. The van der Waals surface area contributed by atoms with Crippen LogP contribution in [0.1, 0.15) is 11.4 Å². The molecule has 3 nitrogen and oxygen atoms in total. The van der Waals surface area contributed by atoms with E-state index in [-0.39, 0.29) is 0 Å². The van der Waals surface area contributed by atoms with Crippen LogP contribution >= 0.6 is 0 Å². The topological polar surface area (TPSA) is 51.8 Å². The van der Waals surface area contributed by atoms with Crippen molar-refractivity contribution < 1.29 is 0 Å². The van der Waals surface area contributed by atoms with Gasteiger partial charge < -0.3 is 5.73 Å². The predicted octanol–water partition coefficient (Wildman–Crippen LogP) is 1.01. The average molecular weight is 135 g/mol. The Bertz CT molecular complexity index is 255. The molecule has 0 spiro atoms. The van der Waals surface area contributed by atoms with Gasteiger partial charge in [0.05, 0.1) is 11.9 Å². The molecule has 1 heterocycles. The molecule has 1 aromatic heterocycles. The van der Waals surface area contributed by atoms with Gasteiger partial charge >= 0.3 is 0 Å². The van der Waals surface area contributed by atoms with E-state index in [1.807, 2.05) is 6.92 Å². The Morgan fingerprint density at radius 2 is 2.40 bits per heavy atom. The smallest absolute Gasteiger partial charge is 0.149 e. The quantitative estimate of drug-likeness (QED) is 0.625. The van der Waals surface area contributed by atoms with E-state index in [4.69, 9.17) is 5.73 Å². The highest BCUT2D eigenvalue weighted by Gasteiger charge is 1.95. The van der Waals surface area contributed by atoms with Crippen LogP contribution in [0.15, 0.2) is 12.8 Å². The number of rotatable bonds is 1. The maximum Gasteiger partial charge on any atom is 0.149 e.